The van der Waals surface area contributed by atoms with Crippen LogP contribution in [0.4, 0.5) is 5.82 Å². The minimum atomic E-state index is -0.403. The number of hydrogen-bond donors (Lipinski definition) is 2. The molecule has 1 atom stereocenters. The van der Waals surface area contributed by atoms with Gasteiger partial charge >= 0.3 is 5.69 Å². The molecule has 96 valence electrons. The fourth-order valence-corrected chi connectivity index (χ4v) is 1.74. The van der Waals surface area contributed by atoms with E-state index in [0.717, 1.165) is 18.7 Å². The van der Waals surface area contributed by atoms with Crippen LogP contribution in [0.3, 0.4) is 0 Å². The van der Waals surface area contributed by atoms with Crippen LogP contribution in [0.25, 0.3) is 0 Å². The Bertz CT molecular complexity index is 388. The lowest BCUT2D eigenvalue weighted by Crippen LogP contribution is -2.20. The van der Waals surface area contributed by atoms with Crippen molar-refractivity contribution in [3.8, 4) is 0 Å². The molecule has 0 radical (unpaired) electrons. The Labute approximate surface area is 102 Å². The second kappa shape index (κ2) is 7.04. The number of unbranched alkanes of at least 4 members (excludes halogenated alkanes) is 1. The van der Waals surface area contributed by atoms with E-state index >= 15 is 0 Å². The molecule has 0 saturated heterocycles. The van der Waals surface area contributed by atoms with Crippen molar-refractivity contribution in [2.24, 2.45) is 5.92 Å². The Morgan fingerprint density at radius 1 is 1.41 bits per heavy atom. The van der Waals surface area contributed by atoms with Gasteiger partial charge in [0.2, 0.25) is 0 Å². The van der Waals surface area contributed by atoms with Gasteiger partial charge in [0, 0.05) is 6.54 Å². The monoisotopic (exact) mass is 238 g/mol. The number of aromatic nitrogens is 3. The molecule has 17 heavy (non-hydrogen) atoms. The molecular formula is C12H22N4O. The van der Waals surface area contributed by atoms with Gasteiger partial charge in [0.05, 0.1) is 0 Å². The van der Waals surface area contributed by atoms with Gasteiger partial charge in [0.15, 0.2) is 5.82 Å². The Hall–Kier alpha value is -1.39. The van der Waals surface area contributed by atoms with Crippen LogP contribution in [-0.4, -0.2) is 21.7 Å². The smallest absolute Gasteiger partial charge is 0.363 e. The van der Waals surface area contributed by atoms with Gasteiger partial charge < -0.3 is 5.32 Å². The Kier molecular flexibility index (Phi) is 5.66. The average Bonchev–Trinajstić information content (AvgIpc) is 2.33. The van der Waals surface area contributed by atoms with Crippen molar-refractivity contribution in [1.29, 1.82) is 0 Å². The SMILES string of the molecule is CCCC[C@@H](CC)CNc1nc(=O)[nH]nc1C. The lowest BCUT2D eigenvalue weighted by molar-refractivity contribution is 0.472. The Balaban J connectivity index is 2.53. The normalized spacial score (nSPS) is 12.4. The van der Waals surface area contributed by atoms with E-state index in [1.54, 1.807) is 0 Å². The molecule has 1 aromatic heterocycles. The maximum absolute atomic E-state index is 11.1. The molecule has 0 unspecified atom stereocenters. The van der Waals surface area contributed by atoms with Crippen molar-refractivity contribution in [2.45, 2.75) is 46.5 Å². The summed E-state index contributed by atoms with van der Waals surface area (Å²) >= 11 is 0. The quantitative estimate of drug-likeness (QED) is 0.763. The van der Waals surface area contributed by atoms with Crippen LogP contribution in [0, 0.1) is 12.8 Å². The maximum atomic E-state index is 11.1. The summed E-state index contributed by atoms with van der Waals surface area (Å²) in [6.07, 6.45) is 4.83. The van der Waals surface area contributed by atoms with Crippen molar-refractivity contribution >= 4 is 5.82 Å². The Morgan fingerprint density at radius 3 is 2.82 bits per heavy atom. The van der Waals surface area contributed by atoms with Crippen LogP contribution in [0.5, 0.6) is 0 Å². The van der Waals surface area contributed by atoms with E-state index in [0.29, 0.717) is 11.7 Å². The third kappa shape index (κ3) is 4.54. The first-order chi connectivity index (χ1) is 8.17. The molecule has 5 heteroatoms. The highest BCUT2D eigenvalue weighted by molar-refractivity contribution is 5.37. The molecule has 0 amide bonds. The van der Waals surface area contributed by atoms with Crippen LogP contribution in [0.2, 0.25) is 0 Å². The molecule has 1 heterocycles. The highest BCUT2D eigenvalue weighted by atomic mass is 16.1. The molecule has 5 nitrogen and oxygen atoms in total. The second-order valence-electron chi connectivity index (χ2n) is 4.37. The first kappa shape index (κ1) is 13.7. The summed E-state index contributed by atoms with van der Waals surface area (Å²) in [5.74, 6) is 1.24. The summed E-state index contributed by atoms with van der Waals surface area (Å²) in [4.78, 5) is 14.9. The van der Waals surface area contributed by atoms with E-state index in [2.05, 4.69) is 34.3 Å². The number of aromatic amines is 1. The number of anilines is 1. The molecule has 0 fully saturated rings. The first-order valence-electron chi connectivity index (χ1n) is 6.34. The summed E-state index contributed by atoms with van der Waals surface area (Å²) in [6.45, 7) is 7.08. The van der Waals surface area contributed by atoms with Crippen molar-refractivity contribution in [3.63, 3.8) is 0 Å². The zero-order chi connectivity index (χ0) is 12.7. The predicted octanol–water partition coefficient (Wildman–Crippen LogP) is 2.10. The fraction of sp³-hybridized carbons (Fsp3) is 0.750. The summed E-state index contributed by atoms with van der Waals surface area (Å²) in [6, 6.07) is 0. The molecule has 0 aliphatic carbocycles. The minimum absolute atomic E-state index is 0.403. The molecule has 0 spiro atoms. The number of hydrogen-bond acceptors (Lipinski definition) is 4. The number of rotatable bonds is 7. The average molecular weight is 238 g/mol. The highest BCUT2D eigenvalue weighted by Crippen LogP contribution is 2.14. The molecule has 1 rings (SSSR count). The highest BCUT2D eigenvalue weighted by Gasteiger charge is 2.08. The third-order valence-electron chi connectivity index (χ3n) is 2.98. The molecule has 0 aliphatic rings. The molecule has 0 aliphatic heterocycles. The third-order valence-corrected chi connectivity index (χ3v) is 2.98. The number of H-pyrrole nitrogens is 1. The lowest BCUT2D eigenvalue weighted by atomic mass is 9.99. The van der Waals surface area contributed by atoms with Gasteiger partial charge in [-0.3, -0.25) is 0 Å². The minimum Gasteiger partial charge on any atom is -0.368 e. The standard InChI is InChI=1S/C12H22N4O/c1-4-6-7-10(5-2)8-13-11-9(3)15-16-12(17)14-11/h10H,4-8H2,1-3H3,(H2,13,14,16,17)/t10-/m1/s1. The Morgan fingerprint density at radius 2 is 2.18 bits per heavy atom. The zero-order valence-corrected chi connectivity index (χ0v) is 10.9. The summed E-state index contributed by atoms with van der Waals surface area (Å²) < 4.78 is 0. The fourth-order valence-electron chi connectivity index (χ4n) is 1.74. The topological polar surface area (TPSA) is 70.7 Å². The van der Waals surface area contributed by atoms with Crippen molar-refractivity contribution < 1.29 is 0 Å². The van der Waals surface area contributed by atoms with Crippen LogP contribution in [0.15, 0.2) is 4.79 Å². The molecule has 1 aromatic rings. The van der Waals surface area contributed by atoms with Gasteiger partial charge in [0.25, 0.3) is 0 Å². The number of nitrogens with zero attached hydrogens (tertiary/aromatic N) is 2. The molecule has 2 N–H and O–H groups in total. The van der Waals surface area contributed by atoms with E-state index in [-0.39, 0.29) is 0 Å². The second-order valence-corrected chi connectivity index (χ2v) is 4.37. The molecule has 0 bridgehead atoms. The maximum Gasteiger partial charge on any atom is 0.363 e. The van der Waals surface area contributed by atoms with E-state index in [9.17, 15) is 4.79 Å². The number of aryl methyl sites for hydroxylation is 1. The van der Waals surface area contributed by atoms with Gasteiger partial charge in [-0.05, 0) is 19.3 Å². The van der Waals surface area contributed by atoms with Crippen LogP contribution in [-0.2, 0) is 0 Å². The summed E-state index contributed by atoms with van der Waals surface area (Å²) in [5, 5.41) is 9.42. The molecular weight excluding hydrogens is 216 g/mol. The largest absolute Gasteiger partial charge is 0.368 e. The van der Waals surface area contributed by atoms with E-state index in [1.807, 2.05) is 6.92 Å². The number of nitrogens with one attached hydrogen (secondary N) is 2. The predicted molar refractivity (Wildman–Crippen MR) is 69.2 cm³/mol. The van der Waals surface area contributed by atoms with E-state index in [1.165, 1.54) is 19.3 Å². The van der Waals surface area contributed by atoms with E-state index < -0.39 is 5.69 Å². The zero-order valence-electron chi connectivity index (χ0n) is 10.9. The van der Waals surface area contributed by atoms with Gasteiger partial charge in [0.1, 0.15) is 5.69 Å². The first-order valence-corrected chi connectivity index (χ1v) is 6.34. The van der Waals surface area contributed by atoms with Crippen LogP contribution < -0.4 is 11.0 Å². The van der Waals surface area contributed by atoms with Gasteiger partial charge in [-0.1, -0.05) is 33.1 Å². The summed E-state index contributed by atoms with van der Waals surface area (Å²) in [7, 11) is 0. The van der Waals surface area contributed by atoms with Gasteiger partial charge in [-0.15, -0.1) is 0 Å². The van der Waals surface area contributed by atoms with Gasteiger partial charge in [-0.25, -0.2) is 9.89 Å². The molecule has 0 aromatic carbocycles. The van der Waals surface area contributed by atoms with E-state index in [4.69, 9.17) is 0 Å². The molecule has 0 saturated carbocycles. The van der Waals surface area contributed by atoms with Crippen molar-refractivity contribution in [2.75, 3.05) is 11.9 Å². The van der Waals surface area contributed by atoms with Crippen LogP contribution in [0.1, 0.15) is 45.2 Å². The summed E-state index contributed by atoms with van der Waals surface area (Å²) in [5.41, 5.74) is 0.328. The van der Waals surface area contributed by atoms with Crippen molar-refractivity contribution in [1.82, 2.24) is 15.2 Å². The van der Waals surface area contributed by atoms with Crippen molar-refractivity contribution in [3.05, 3.63) is 16.2 Å². The van der Waals surface area contributed by atoms with Crippen LogP contribution >= 0.6 is 0 Å². The van der Waals surface area contributed by atoms with Gasteiger partial charge in [-0.2, -0.15) is 10.1 Å². The lowest BCUT2D eigenvalue weighted by Gasteiger charge is -2.15.